The van der Waals surface area contributed by atoms with Gasteiger partial charge in [0.15, 0.2) is 6.04 Å². The molecular formula is C8H16NO+. The van der Waals surface area contributed by atoms with Gasteiger partial charge in [-0.3, -0.25) is 0 Å². The van der Waals surface area contributed by atoms with Crippen LogP contribution in [0.2, 0.25) is 0 Å². The number of hydrogen-bond acceptors (Lipinski definition) is 0. The molecule has 58 valence electrons. The highest BCUT2D eigenvalue weighted by atomic mass is 16.3. The highest BCUT2D eigenvalue weighted by molar-refractivity contribution is 5.63. The summed E-state index contributed by atoms with van der Waals surface area (Å²) in [6, 6.07) is 0.541. The van der Waals surface area contributed by atoms with Crippen LogP contribution in [-0.4, -0.2) is 17.0 Å². The molecule has 1 saturated carbocycles. The molecule has 0 bridgehead atoms. The summed E-state index contributed by atoms with van der Waals surface area (Å²) in [5, 5.41) is 8.91. The van der Waals surface area contributed by atoms with E-state index in [9.17, 15) is 0 Å². The SMILES string of the molecule is CC(O)=[NH+]C1CCCCC1. The van der Waals surface area contributed by atoms with Gasteiger partial charge in [0.25, 0.3) is 0 Å². The summed E-state index contributed by atoms with van der Waals surface area (Å²) in [4.78, 5) is 3.05. The molecule has 1 aliphatic rings. The molecule has 0 spiro atoms. The van der Waals surface area contributed by atoms with E-state index in [2.05, 4.69) is 4.99 Å². The van der Waals surface area contributed by atoms with Crippen molar-refractivity contribution in [3.8, 4) is 0 Å². The maximum absolute atomic E-state index is 8.91. The molecule has 2 N–H and O–H groups in total. The fourth-order valence-corrected chi connectivity index (χ4v) is 1.54. The Labute approximate surface area is 62.0 Å². The van der Waals surface area contributed by atoms with E-state index >= 15 is 0 Å². The Morgan fingerprint density at radius 2 is 1.90 bits per heavy atom. The Morgan fingerprint density at radius 1 is 1.30 bits per heavy atom. The van der Waals surface area contributed by atoms with Gasteiger partial charge >= 0.3 is 5.90 Å². The van der Waals surface area contributed by atoms with Crippen molar-refractivity contribution in [2.75, 3.05) is 0 Å². The number of aliphatic hydroxyl groups excluding tert-OH is 1. The van der Waals surface area contributed by atoms with Crippen molar-refractivity contribution >= 4 is 5.90 Å². The first kappa shape index (κ1) is 7.58. The van der Waals surface area contributed by atoms with Gasteiger partial charge in [-0.25, -0.2) is 4.99 Å². The van der Waals surface area contributed by atoms with E-state index in [1.165, 1.54) is 32.1 Å². The van der Waals surface area contributed by atoms with Gasteiger partial charge in [-0.1, -0.05) is 6.42 Å². The van der Waals surface area contributed by atoms with Crippen molar-refractivity contribution in [3.63, 3.8) is 0 Å². The summed E-state index contributed by atoms with van der Waals surface area (Å²) < 4.78 is 0. The topological polar surface area (TPSA) is 34.2 Å². The fraction of sp³-hybridized carbons (Fsp3) is 0.875. The van der Waals surface area contributed by atoms with Crippen molar-refractivity contribution in [1.82, 2.24) is 0 Å². The van der Waals surface area contributed by atoms with Crippen LogP contribution >= 0.6 is 0 Å². The van der Waals surface area contributed by atoms with Gasteiger partial charge in [-0.2, -0.15) is 0 Å². The van der Waals surface area contributed by atoms with E-state index in [0.29, 0.717) is 11.9 Å². The second kappa shape index (κ2) is 3.59. The predicted octanol–water partition coefficient (Wildman–Crippen LogP) is 0.376. The summed E-state index contributed by atoms with van der Waals surface area (Å²) in [6.45, 7) is 1.70. The molecular weight excluding hydrogens is 126 g/mol. The lowest BCUT2D eigenvalue weighted by Gasteiger charge is -2.12. The van der Waals surface area contributed by atoms with Gasteiger partial charge in [0.1, 0.15) is 0 Å². The van der Waals surface area contributed by atoms with Gasteiger partial charge < -0.3 is 5.11 Å². The van der Waals surface area contributed by atoms with E-state index in [-0.39, 0.29) is 0 Å². The maximum atomic E-state index is 8.91. The lowest BCUT2D eigenvalue weighted by atomic mass is 9.96. The molecule has 0 unspecified atom stereocenters. The number of nitrogens with one attached hydrogen (secondary N) is 1. The Balaban J connectivity index is 2.33. The number of hydrogen-bond donors (Lipinski definition) is 2. The van der Waals surface area contributed by atoms with E-state index < -0.39 is 0 Å². The minimum atomic E-state index is 0.368. The minimum Gasteiger partial charge on any atom is -0.464 e. The van der Waals surface area contributed by atoms with Crippen molar-refractivity contribution < 1.29 is 10.1 Å². The Morgan fingerprint density at radius 3 is 2.40 bits per heavy atom. The molecule has 1 fully saturated rings. The first-order valence-corrected chi connectivity index (χ1v) is 4.08. The lowest BCUT2D eigenvalue weighted by Crippen LogP contribution is -2.79. The molecule has 0 heterocycles. The summed E-state index contributed by atoms with van der Waals surface area (Å²) >= 11 is 0. The van der Waals surface area contributed by atoms with Crippen molar-refractivity contribution in [2.45, 2.75) is 45.1 Å². The molecule has 1 rings (SSSR count). The van der Waals surface area contributed by atoms with E-state index in [0.717, 1.165) is 0 Å². The molecule has 0 saturated heterocycles. The molecule has 0 aromatic rings. The van der Waals surface area contributed by atoms with Crippen LogP contribution in [0.3, 0.4) is 0 Å². The molecule has 10 heavy (non-hydrogen) atoms. The van der Waals surface area contributed by atoms with Gasteiger partial charge in [0.2, 0.25) is 0 Å². The van der Waals surface area contributed by atoms with Gasteiger partial charge in [0.05, 0.1) is 6.92 Å². The second-order valence-electron chi connectivity index (χ2n) is 3.06. The normalized spacial score (nSPS) is 23.1. The van der Waals surface area contributed by atoms with Gasteiger partial charge in [0, 0.05) is 12.8 Å². The first-order chi connectivity index (χ1) is 4.79. The van der Waals surface area contributed by atoms with E-state index in [4.69, 9.17) is 5.11 Å². The Bertz CT molecular complexity index is 121. The zero-order valence-electron chi connectivity index (χ0n) is 6.56. The van der Waals surface area contributed by atoms with Gasteiger partial charge in [-0.05, 0) is 12.8 Å². The van der Waals surface area contributed by atoms with Crippen LogP contribution in [0.1, 0.15) is 39.0 Å². The van der Waals surface area contributed by atoms with Crippen LogP contribution in [0.5, 0.6) is 0 Å². The third-order valence-electron chi connectivity index (χ3n) is 2.02. The highest BCUT2D eigenvalue weighted by Gasteiger charge is 2.16. The molecule has 2 heteroatoms. The summed E-state index contributed by atoms with van der Waals surface area (Å²) in [6.07, 6.45) is 6.42. The van der Waals surface area contributed by atoms with Crippen LogP contribution in [0.4, 0.5) is 0 Å². The quantitative estimate of drug-likeness (QED) is 0.403. The highest BCUT2D eigenvalue weighted by Crippen LogP contribution is 2.13. The standard InChI is InChI=1S/C8H15NO/c1-7(10)9-8-5-3-2-4-6-8/h8H,2-6H2,1H3,(H,9,10)/p+1. The van der Waals surface area contributed by atoms with E-state index in [1.807, 2.05) is 0 Å². The molecule has 0 aromatic carbocycles. The molecule has 0 amide bonds. The summed E-state index contributed by atoms with van der Waals surface area (Å²) in [5.41, 5.74) is 0. The molecule has 2 nitrogen and oxygen atoms in total. The lowest BCUT2D eigenvalue weighted by molar-refractivity contribution is -0.516. The molecule has 0 aromatic heterocycles. The molecule has 0 aliphatic heterocycles. The zero-order valence-corrected chi connectivity index (χ0v) is 6.56. The molecule has 1 aliphatic carbocycles. The summed E-state index contributed by atoms with van der Waals surface area (Å²) in [7, 11) is 0. The third kappa shape index (κ3) is 2.38. The average Bonchev–Trinajstić information content (AvgIpc) is 1.88. The predicted molar refractivity (Wildman–Crippen MR) is 41.1 cm³/mol. The average molecular weight is 142 g/mol. The Kier molecular flexibility index (Phi) is 2.72. The fourth-order valence-electron chi connectivity index (χ4n) is 1.54. The third-order valence-corrected chi connectivity index (χ3v) is 2.02. The Hall–Kier alpha value is -0.530. The maximum Gasteiger partial charge on any atom is 0.329 e. The minimum absolute atomic E-state index is 0.368. The number of rotatable bonds is 1. The van der Waals surface area contributed by atoms with Gasteiger partial charge in [-0.15, -0.1) is 0 Å². The van der Waals surface area contributed by atoms with Crippen LogP contribution < -0.4 is 4.99 Å². The van der Waals surface area contributed by atoms with Crippen LogP contribution in [0.25, 0.3) is 0 Å². The second-order valence-corrected chi connectivity index (χ2v) is 3.06. The van der Waals surface area contributed by atoms with Crippen LogP contribution in [0.15, 0.2) is 0 Å². The number of aliphatic hydroxyl groups is 1. The smallest absolute Gasteiger partial charge is 0.329 e. The largest absolute Gasteiger partial charge is 0.464 e. The first-order valence-electron chi connectivity index (χ1n) is 4.08. The summed E-state index contributed by atoms with van der Waals surface area (Å²) in [5.74, 6) is 0.368. The van der Waals surface area contributed by atoms with Crippen molar-refractivity contribution in [2.24, 2.45) is 0 Å². The zero-order chi connectivity index (χ0) is 7.40. The monoisotopic (exact) mass is 142 g/mol. The molecule has 0 atom stereocenters. The van der Waals surface area contributed by atoms with Crippen LogP contribution in [-0.2, 0) is 0 Å². The van der Waals surface area contributed by atoms with Crippen molar-refractivity contribution in [1.29, 1.82) is 0 Å². The van der Waals surface area contributed by atoms with Crippen molar-refractivity contribution in [3.05, 3.63) is 0 Å². The molecule has 0 radical (unpaired) electrons. The van der Waals surface area contributed by atoms with E-state index in [1.54, 1.807) is 6.92 Å². The van der Waals surface area contributed by atoms with Crippen LogP contribution in [0, 0.1) is 0 Å².